The second-order valence-electron chi connectivity index (χ2n) is 3.38. The Labute approximate surface area is 105 Å². The first-order valence-electron chi connectivity index (χ1n) is 4.74. The van der Waals surface area contributed by atoms with Crippen molar-refractivity contribution in [1.29, 1.82) is 5.26 Å². The van der Waals surface area contributed by atoms with E-state index in [1.807, 2.05) is 18.2 Å². The molecule has 1 aromatic carbocycles. The Balaban J connectivity index is 2.66. The molecule has 0 bridgehead atoms. The van der Waals surface area contributed by atoms with Gasteiger partial charge in [-0.15, -0.1) is 0 Å². The van der Waals surface area contributed by atoms with Crippen LogP contribution >= 0.6 is 15.9 Å². The molecular weight excluding hydrogens is 284 g/mol. The molecule has 0 spiro atoms. The minimum atomic E-state index is -1.23. The number of carboxylic acid groups (broad SMARTS) is 1. The molecule has 0 saturated carbocycles. The van der Waals surface area contributed by atoms with Crippen molar-refractivity contribution in [3.05, 3.63) is 40.0 Å². The largest absolute Gasteiger partial charge is 0.477 e. The maximum Gasteiger partial charge on any atom is 0.346 e. The predicted octanol–water partition coefficient (Wildman–Crippen LogP) is 2.92. The predicted molar refractivity (Wildman–Crippen MR) is 67.2 cm³/mol. The van der Waals surface area contributed by atoms with E-state index >= 15 is 0 Å². The molecule has 0 radical (unpaired) electrons. The number of fused-ring (bicyclic) bond motifs is 1. The van der Waals surface area contributed by atoms with Gasteiger partial charge in [-0.3, -0.25) is 0 Å². The smallest absolute Gasteiger partial charge is 0.346 e. The SMILES string of the molecule is N#C/C(=C\c1c[nH]c2cccc(Br)c12)C(=O)O. The van der Waals surface area contributed by atoms with Crippen LogP contribution in [0, 0.1) is 11.3 Å². The van der Waals surface area contributed by atoms with Crippen LogP contribution in [0.3, 0.4) is 0 Å². The fourth-order valence-corrected chi connectivity index (χ4v) is 2.17. The van der Waals surface area contributed by atoms with E-state index in [1.54, 1.807) is 12.3 Å². The lowest BCUT2D eigenvalue weighted by Gasteiger charge is -1.96. The molecule has 0 atom stereocenters. The zero-order valence-electron chi connectivity index (χ0n) is 8.57. The standard InChI is InChI=1S/C12H7BrN2O2/c13-9-2-1-3-10-11(9)8(6-15-10)4-7(5-14)12(16)17/h1-4,6,15H,(H,16,17)/b7-4+. The summed E-state index contributed by atoms with van der Waals surface area (Å²) in [5.74, 6) is -1.23. The van der Waals surface area contributed by atoms with E-state index in [0.29, 0.717) is 5.56 Å². The van der Waals surface area contributed by atoms with Crippen LogP contribution in [-0.4, -0.2) is 16.1 Å². The average molecular weight is 291 g/mol. The van der Waals surface area contributed by atoms with Gasteiger partial charge in [0.25, 0.3) is 0 Å². The number of nitriles is 1. The Morgan fingerprint density at radius 2 is 2.29 bits per heavy atom. The zero-order valence-corrected chi connectivity index (χ0v) is 10.2. The molecule has 0 fully saturated rings. The molecule has 0 amide bonds. The Kier molecular flexibility index (Phi) is 2.98. The first-order chi connectivity index (χ1) is 8.13. The number of benzene rings is 1. The van der Waals surface area contributed by atoms with Crippen molar-refractivity contribution in [2.45, 2.75) is 0 Å². The third kappa shape index (κ3) is 2.08. The molecule has 1 aromatic heterocycles. The van der Waals surface area contributed by atoms with E-state index in [-0.39, 0.29) is 5.57 Å². The summed E-state index contributed by atoms with van der Waals surface area (Å²) in [7, 11) is 0. The van der Waals surface area contributed by atoms with E-state index in [1.165, 1.54) is 6.08 Å². The van der Waals surface area contributed by atoms with Crippen LogP contribution in [0.1, 0.15) is 5.56 Å². The van der Waals surface area contributed by atoms with Gasteiger partial charge in [-0.05, 0) is 18.2 Å². The summed E-state index contributed by atoms with van der Waals surface area (Å²) in [6.07, 6.45) is 3.03. The number of halogens is 1. The molecule has 4 nitrogen and oxygen atoms in total. The number of nitrogens with zero attached hydrogens (tertiary/aromatic N) is 1. The fraction of sp³-hybridized carbons (Fsp3) is 0. The molecule has 2 rings (SSSR count). The molecule has 0 aliphatic carbocycles. The Morgan fingerprint density at radius 1 is 1.53 bits per heavy atom. The third-order valence-electron chi connectivity index (χ3n) is 2.34. The van der Waals surface area contributed by atoms with Gasteiger partial charge in [0.05, 0.1) is 0 Å². The maximum atomic E-state index is 10.8. The Hall–Kier alpha value is -2.06. The van der Waals surface area contributed by atoms with Gasteiger partial charge in [0, 0.05) is 27.1 Å². The van der Waals surface area contributed by atoms with Gasteiger partial charge in [-0.25, -0.2) is 4.79 Å². The molecule has 17 heavy (non-hydrogen) atoms. The monoisotopic (exact) mass is 290 g/mol. The summed E-state index contributed by atoms with van der Waals surface area (Å²) in [4.78, 5) is 13.8. The van der Waals surface area contributed by atoms with E-state index in [0.717, 1.165) is 15.4 Å². The third-order valence-corrected chi connectivity index (χ3v) is 3.00. The molecular formula is C12H7BrN2O2. The highest BCUT2D eigenvalue weighted by Crippen LogP contribution is 2.28. The number of aliphatic carboxylic acids is 1. The highest BCUT2D eigenvalue weighted by Gasteiger charge is 2.10. The van der Waals surface area contributed by atoms with Gasteiger partial charge >= 0.3 is 5.97 Å². The van der Waals surface area contributed by atoms with Crippen LogP contribution in [0.5, 0.6) is 0 Å². The lowest BCUT2D eigenvalue weighted by atomic mass is 10.1. The van der Waals surface area contributed by atoms with Crippen molar-refractivity contribution in [2.75, 3.05) is 0 Å². The van der Waals surface area contributed by atoms with Crippen LogP contribution < -0.4 is 0 Å². The quantitative estimate of drug-likeness (QED) is 0.659. The van der Waals surface area contributed by atoms with Crippen molar-refractivity contribution < 1.29 is 9.90 Å². The topological polar surface area (TPSA) is 76.9 Å². The summed E-state index contributed by atoms with van der Waals surface area (Å²) in [5.41, 5.74) is 1.27. The normalized spacial score (nSPS) is 11.4. The molecule has 84 valence electrons. The number of aromatic nitrogens is 1. The minimum Gasteiger partial charge on any atom is -0.477 e. The van der Waals surface area contributed by atoms with Crippen LogP contribution in [0.2, 0.25) is 0 Å². The number of hydrogen-bond donors (Lipinski definition) is 2. The number of aromatic amines is 1. The zero-order chi connectivity index (χ0) is 12.4. The Morgan fingerprint density at radius 3 is 2.94 bits per heavy atom. The van der Waals surface area contributed by atoms with Crippen LogP contribution in [0.25, 0.3) is 17.0 Å². The van der Waals surface area contributed by atoms with Gasteiger partial charge in [-0.2, -0.15) is 5.26 Å². The van der Waals surface area contributed by atoms with E-state index in [4.69, 9.17) is 10.4 Å². The molecule has 1 heterocycles. The average Bonchev–Trinajstić information content (AvgIpc) is 2.70. The van der Waals surface area contributed by atoms with E-state index in [2.05, 4.69) is 20.9 Å². The summed E-state index contributed by atoms with van der Waals surface area (Å²) >= 11 is 3.40. The number of hydrogen-bond acceptors (Lipinski definition) is 2. The number of H-pyrrole nitrogens is 1. The lowest BCUT2D eigenvalue weighted by molar-refractivity contribution is -0.132. The summed E-state index contributed by atoms with van der Waals surface area (Å²) in [6.45, 7) is 0. The van der Waals surface area contributed by atoms with Crippen LogP contribution in [0.15, 0.2) is 34.4 Å². The van der Waals surface area contributed by atoms with Gasteiger partial charge in [0.15, 0.2) is 0 Å². The number of nitrogens with one attached hydrogen (secondary N) is 1. The molecule has 0 unspecified atom stereocenters. The first kappa shape index (κ1) is 11.4. The molecule has 0 aliphatic heterocycles. The van der Waals surface area contributed by atoms with Crippen molar-refractivity contribution >= 4 is 38.9 Å². The van der Waals surface area contributed by atoms with Gasteiger partial charge in [-0.1, -0.05) is 22.0 Å². The second kappa shape index (κ2) is 4.44. The van der Waals surface area contributed by atoms with Crippen molar-refractivity contribution in [1.82, 2.24) is 4.98 Å². The summed E-state index contributed by atoms with van der Waals surface area (Å²) < 4.78 is 0.852. The van der Waals surface area contributed by atoms with Crippen LogP contribution in [-0.2, 0) is 4.79 Å². The fourth-order valence-electron chi connectivity index (χ4n) is 1.58. The molecule has 2 aromatic rings. The molecule has 0 aliphatic rings. The highest BCUT2D eigenvalue weighted by molar-refractivity contribution is 9.10. The summed E-state index contributed by atoms with van der Waals surface area (Å²) in [5, 5.41) is 18.4. The number of rotatable bonds is 2. The van der Waals surface area contributed by atoms with Gasteiger partial charge in [0.1, 0.15) is 11.6 Å². The molecule has 2 N–H and O–H groups in total. The molecule has 0 saturated heterocycles. The molecule has 5 heteroatoms. The number of carboxylic acids is 1. The van der Waals surface area contributed by atoms with E-state index in [9.17, 15) is 4.79 Å². The van der Waals surface area contributed by atoms with Crippen molar-refractivity contribution in [3.8, 4) is 6.07 Å². The second-order valence-corrected chi connectivity index (χ2v) is 4.24. The maximum absolute atomic E-state index is 10.8. The van der Waals surface area contributed by atoms with Crippen molar-refractivity contribution in [2.24, 2.45) is 0 Å². The van der Waals surface area contributed by atoms with Crippen molar-refractivity contribution in [3.63, 3.8) is 0 Å². The minimum absolute atomic E-state index is 0.290. The van der Waals surface area contributed by atoms with E-state index < -0.39 is 5.97 Å². The summed E-state index contributed by atoms with van der Waals surface area (Å²) in [6, 6.07) is 7.27. The Bertz CT molecular complexity index is 665. The van der Waals surface area contributed by atoms with Crippen LogP contribution in [0.4, 0.5) is 0 Å². The highest BCUT2D eigenvalue weighted by atomic mass is 79.9. The lowest BCUT2D eigenvalue weighted by Crippen LogP contribution is -1.97. The number of carbonyl (C=O) groups is 1. The van der Waals surface area contributed by atoms with Gasteiger partial charge in [0.2, 0.25) is 0 Å². The van der Waals surface area contributed by atoms with Gasteiger partial charge < -0.3 is 10.1 Å². The first-order valence-corrected chi connectivity index (χ1v) is 5.53.